The topological polar surface area (TPSA) is 41.1 Å². The van der Waals surface area contributed by atoms with Crippen LogP contribution < -0.4 is 10.6 Å². The van der Waals surface area contributed by atoms with Gasteiger partial charge in [0, 0.05) is 25.2 Å². The first kappa shape index (κ1) is 14.3. The highest BCUT2D eigenvalue weighted by atomic mass is 16.1. The van der Waals surface area contributed by atoms with Crippen molar-refractivity contribution in [2.24, 2.45) is 0 Å². The average Bonchev–Trinajstić information content (AvgIpc) is 2.53. The minimum Gasteiger partial charge on any atom is -0.355 e. The first-order valence-corrected chi connectivity index (χ1v) is 6.80. The Morgan fingerprint density at radius 2 is 1.70 bits per heavy atom. The summed E-state index contributed by atoms with van der Waals surface area (Å²) in [5.74, 6) is -0.0536. The van der Waals surface area contributed by atoms with Crippen molar-refractivity contribution in [3.8, 4) is 0 Å². The van der Waals surface area contributed by atoms with Crippen molar-refractivity contribution >= 4 is 5.91 Å². The summed E-state index contributed by atoms with van der Waals surface area (Å²) in [6.45, 7) is 2.93. The van der Waals surface area contributed by atoms with Crippen LogP contribution in [-0.4, -0.2) is 13.0 Å². The zero-order chi connectivity index (χ0) is 14.4. The molecule has 0 heterocycles. The van der Waals surface area contributed by atoms with E-state index in [2.05, 4.69) is 29.7 Å². The number of benzene rings is 2. The summed E-state index contributed by atoms with van der Waals surface area (Å²) in [4.78, 5) is 11.4. The van der Waals surface area contributed by atoms with Crippen molar-refractivity contribution in [1.29, 1.82) is 0 Å². The molecule has 0 saturated carbocycles. The quantitative estimate of drug-likeness (QED) is 0.875. The molecular formula is C17H20N2O. The predicted molar refractivity (Wildman–Crippen MR) is 81.5 cm³/mol. The van der Waals surface area contributed by atoms with Gasteiger partial charge in [0.1, 0.15) is 0 Å². The molecule has 0 spiro atoms. The lowest BCUT2D eigenvalue weighted by molar-refractivity contribution is 0.0963. The summed E-state index contributed by atoms with van der Waals surface area (Å²) < 4.78 is 0. The summed E-state index contributed by atoms with van der Waals surface area (Å²) in [5, 5.41) is 6.10. The molecule has 2 aromatic rings. The number of amides is 1. The van der Waals surface area contributed by atoms with Crippen molar-refractivity contribution in [1.82, 2.24) is 10.6 Å². The van der Waals surface area contributed by atoms with Gasteiger partial charge in [-0.05, 0) is 30.2 Å². The molecule has 0 saturated heterocycles. The van der Waals surface area contributed by atoms with E-state index in [1.165, 1.54) is 11.1 Å². The number of carbonyl (C=O) groups excluding carboxylic acids is 1. The minimum atomic E-state index is -0.0536. The highest BCUT2D eigenvalue weighted by Crippen LogP contribution is 2.12. The number of rotatable bonds is 5. The number of hydrogen-bond acceptors (Lipinski definition) is 2. The van der Waals surface area contributed by atoms with Crippen molar-refractivity contribution in [3.63, 3.8) is 0 Å². The summed E-state index contributed by atoms with van der Waals surface area (Å²) in [6.07, 6.45) is 0. The first-order chi connectivity index (χ1) is 9.70. The van der Waals surface area contributed by atoms with Gasteiger partial charge in [-0.3, -0.25) is 4.79 Å². The van der Waals surface area contributed by atoms with Crippen LogP contribution in [0.3, 0.4) is 0 Å². The van der Waals surface area contributed by atoms with Crippen molar-refractivity contribution < 1.29 is 4.79 Å². The number of nitrogens with one attached hydrogen (secondary N) is 2. The van der Waals surface area contributed by atoms with Crippen LogP contribution in [0.15, 0.2) is 54.6 Å². The second-order valence-corrected chi connectivity index (χ2v) is 4.79. The van der Waals surface area contributed by atoms with Crippen LogP contribution in [0.5, 0.6) is 0 Å². The van der Waals surface area contributed by atoms with Crippen molar-refractivity contribution in [2.45, 2.75) is 19.5 Å². The molecule has 0 unspecified atom stereocenters. The van der Waals surface area contributed by atoms with E-state index in [1.54, 1.807) is 7.05 Å². The number of hydrogen-bond donors (Lipinski definition) is 2. The van der Waals surface area contributed by atoms with E-state index in [4.69, 9.17) is 0 Å². The van der Waals surface area contributed by atoms with Gasteiger partial charge in [-0.15, -0.1) is 0 Å². The molecule has 2 aromatic carbocycles. The average molecular weight is 268 g/mol. The second-order valence-electron chi connectivity index (χ2n) is 4.79. The monoisotopic (exact) mass is 268 g/mol. The third-order valence-electron chi connectivity index (χ3n) is 3.36. The molecule has 0 aliphatic carbocycles. The van der Waals surface area contributed by atoms with E-state index in [0.29, 0.717) is 11.6 Å². The van der Waals surface area contributed by atoms with Gasteiger partial charge in [0.05, 0.1) is 0 Å². The molecule has 0 aromatic heterocycles. The van der Waals surface area contributed by atoms with Gasteiger partial charge in [0.2, 0.25) is 0 Å². The van der Waals surface area contributed by atoms with E-state index in [1.807, 2.05) is 42.5 Å². The van der Waals surface area contributed by atoms with Gasteiger partial charge < -0.3 is 10.6 Å². The lowest BCUT2D eigenvalue weighted by Crippen LogP contribution is -2.19. The Balaban J connectivity index is 1.93. The highest BCUT2D eigenvalue weighted by Gasteiger charge is 2.05. The van der Waals surface area contributed by atoms with Crippen molar-refractivity contribution in [3.05, 3.63) is 71.3 Å². The normalized spacial score (nSPS) is 11.9. The standard InChI is InChI=1S/C17H20N2O/c1-13(15-6-4-3-5-7-15)19-12-14-8-10-16(11-9-14)17(20)18-2/h3-11,13,19H,12H2,1-2H3,(H,18,20)/t13-/m0/s1. The molecule has 0 radical (unpaired) electrons. The predicted octanol–water partition coefficient (Wildman–Crippen LogP) is 2.90. The fraction of sp³-hybridized carbons (Fsp3) is 0.235. The van der Waals surface area contributed by atoms with E-state index in [-0.39, 0.29) is 5.91 Å². The van der Waals surface area contributed by atoms with E-state index < -0.39 is 0 Å². The zero-order valence-corrected chi connectivity index (χ0v) is 11.9. The van der Waals surface area contributed by atoms with E-state index >= 15 is 0 Å². The molecule has 2 rings (SSSR count). The molecule has 1 atom stereocenters. The third kappa shape index (κ3) is 3.68. The minimum absolute atomic E-state index is 0.0536. The van der Waals surface area contributed by atoms with Gasteiger partial charge in [0.25, 0.3) is 5.91 Å². The molecule has 104 valence electrons. The Bertz CT molecular complexity index is 549. The largest absolute Gasteiger partial charge is 0.355 e. The summed E-state index contributed by atoms with van der Waals surface area (Å²) >= 11 is 0. The lowest BCUT2D eigenvalue weighted by Gasteiger charge is -2.14. The Labute approximate surface area is 120 Å². The zero-order valence-electron chi connectivity index (χ0n) is 11.9. The maximum absolute atomic E-state index is 11.4. The molecule has 2 N–H and O–H groups in total. The van der Waals surface area contributed by atoms with Gasteiger partial charge in [-0.2, -0.15) is 0 Å². The van der Waals surface area contributed by atoms with Crippen LogP contribution in [0.2, 0.25) is 0 Å². The molecule has 20 heavy (non-hydrogen) atoms. The molecular weight excluding hydrogens is 248 g/mol. The van der Waals surface area contributed by atoms with E-state index in [9.17, 15) is 4.79 Å². The second kappa shape index (κ2) is 6.87. The Morgan fingerprint density at radius 1 is 1.05 bits per heavy atom. The fourth-order valence-corrected chi connectivity index (χ4v) is 2.05. The van der Waals surface area contributed by atoms with Crippen LogP contribution in [0.25, 0.3) is 0 Å². The molecule has 3 nitrogen and oxygen atoms in total. The van der Waals surface area contributed by atoms with Crippen LogP contribution in [-0.2, 0) is 6.54 Å². The van der Waals surface area contributed by atoms with Crippen LogP contribution in [0.1, 0.15) is 34.5 Å². The summed E-state index contributed by atoms with van der Waals surface area (Å²) in [7, 11) is 1.64. The molecule has 1 amide bonds. The van der Waals surface area contributed by atoms with Gasteiger partial charge in [-0.25, -0.2) is 0 Å². The summed E-state index contributed by atoms with van der Waals surface area (Å²) in [6, 6.07) is 18.3. The van der Waals surface area contributed by atoms with Gasteiger partial charge in [0.15, 0.2) is 0 Å². The van der Waals surface area contributed by atoms with Crippen LogP contribution in [0.4, 0.5) is 0 Å². The van der Waals surface area contributed by atoms with Gasteiger partial charge in [-0.1, -0.05) is 42.5 Å². The fourth-order valence-electron chi connectivity index (χ4n) is 2.05. The maximum Gasteiger partial charge on any atom is 0.251 e. The van der Waals surface area contributed by atoms with Crippen LogP contribution in [0, 0.1) is 0 Å². The molecule has 0 bridgehead atoms. The summed E-state index contributed by atoms with van der Waals surface area (Å²) in [5.41, 5.74) is 3.13. The molecule has 3 heteroatoms. The Kier molecular flexibility index (Phi) is 4.91. The molecule has 0 aliphatic heterocycles. The smallest absolute Gasteiger partial charge is 0.251 e. The highest BCUT2D eigenvalue weighted by molar-refractivity contribution is 5.93. The number of carbonyl (C=O) groups is 1. The van der Waals surface area contributed by atoms with Crippen molar-refractivity contribution in [2.75, 3.05) is 7.05 Å². The molecule has 0 fully saturated rings. The maximum atomic E-state index is 11.4. The third-order valence-corrected chi connectivity index (χ3v) is 3.36. The lowest BCUT2D eigenvalue weighted by atomic mass is 10.1. The van der Waals surface area contributed by atoms with Gasteiger partial charge >= 0.3 is 0 Å². The Hall–Kier alpha value is -2.13. The first-order valence-electron chi connectivity index (χ1n) is 6.80. The SMILES string of the molecule is CNC(=O)c1ccc(CN[C@@H](C)c2ccccc2)cc1. The van der Waals surface area contributed by atoms with E-state index in [0.717, 1.165) is 6.54 Å². The Morgan fingerprint density at radius 3 is 2.30 bits per heavy atom. The van der Waals surface area contributed by atoms with Crippen LogP contribution >= 0.6 is 0 Å². The molecule has 0 aliphatic rings.